The van der Waals surface area contributed by atoms with Crippen molar-refractivity contribution >= 4 is 15.9 Å². The van der Waals surface area contributed by atoms with Gasteiger partial charge in [0.2, 0.25) is 0 Å². The molecule has 0 spiro atoms. The summed E-state index contributed by atoms with van der Waals surface area (Å²) in [4.78, 5) is 4.06. The van der Waals surface area contributed by atoms with Crippen LogP contribution in [0.4, 0.5) is 0 Å². The Hall–Kier alpha value is -1.28. The molecule has 8 heteroatoms. The minimum absolute atomic E-state index is 0.242. The van der Waals surface area contributed by atoms with Gasteiger partial charge in [0.1, 0.15) is 0 Å². The van der Waals surface area contributed by atoms with Gasteiger partial charge in [0.05, 0.1) is 6.54 Å². The molecule has 2 N–H and O–H groups in total. The summed E-state index contributed by atoms with van der Waals surface area (Å²) < 4.78 is 7.09. The predicted molar refractivity (Wildman–Crippen MR) is 49.9 cm³/mol. The summed E-state index contributed by atoms with van der Waals surface area (Å²) in [5.41, 5.74) is 5.99. The summed E-state index contributed by atoms with van der Waals surface area (Å²) >= 11 is 3.23. The lowest BCUT2D eigenvalue weighted by molar-refractivity contribution is 0.419. The van der Waals surface area contributed by atoms with Gasteiger partial charge < -0.3 is 10.3 Å². The molecular formula is C6H7BrN6O. The smallest absolute Gasteiger partial charge is 0.279 e. The molecule has 14 heavy (non-hydrogen) atoms. The van der Waals surface area contributed by atoms with Gasteiger partial charge in [-0.2, -0.15) is 4.98 Å². The van der Waals surface area contributed by atoms with Crippen molar-refractivity contribution in [2.75, 3.05) is 0 Å². The van der Waals surface area contributed by atoms with Crippen LogP contribution in [0.3, 0.4) is 0 Å². The summed E-state index contributed by atoms with van der Waals surface area (Å²) in [7, 11) is 1.74. The van der Waals surface area contributed by atoms with Crippen LogP contribution in [0, 0.1) is 0 Å². The first-order valence-corrected chi connectivity index (χ1v) is 4.60. The Morgan fingerprint density at radius 1 is 1.57 bits per heavy atom. The van der Waals surface area contributed by atoms with Gasteiger partial charge in [0.15, 0.2) is 16.1 Å². The fraction of sp³-hybridized carbons (Fsp3) is 0.333. The minimum Gasteiger partial charge on any atom is -0.332 e. The molecular weight excluding hydrogens is 252 g/mol. The summed E-state index contributed by atoms with van der Waals surface area (Å²) in [6.45, 7) is 0.242. The Kier molecular flexibility index (Phi) is 2.30. The van der Waals surface area contributed by atoms with E-state index in [1.165, 1.54) is 4.68 Å². The van der Waals surface area contributed by atoms with Gasteiger partial charge in [0.25, 0.3) is 5.89 Å². The minimum atomic E-state index is 0.242. The number of aromatic nitrogens is 5. The highest BCUT2D eigenvalue weighted by molar-refractivity contribution is 9.10. The van der Waals surface area contributed by atoms with Crippen molar-refractivity contribution in [3.63, 3.8) is 0 Å². The molecule has 2 aromatic rings. The molecule has 0 aromatic carbocycles. The number of hydrogen-bond acceptors (Lipinski definition) is 6. The van der Waals surface area contributed by atoms with E-state index in [4.69, 9.17) is 10.3 Å². The molecule has 0 atom stereocenters. The van der Waals surface area contributed by atoms with Crippen LogP contribution < -0.4 is 5.73 Å². The standard InChI is InChI=1S/C6H7BrN6O/c1-13-4(5(7)10-12-13)6-9-3(2-8)11-14-6/h2,8H2,1H3. The molecule has 2 heterocycles. The topological polar surface area (TPSA) is 95.7 Å². The molecule has 0 aliphatic rings. The van der Waals surface area contributed by atoms with E-state index in [1.54, 1.807) is 7.05 Å². The monoisotopic (exact) mass is 258 g/mol. The van der Waals surface area contributed by atoms with Crippen LogP contribution in [0.25, 0.3) is 11.6 Å². The van der Waals surface area contributed by atoms with Crippen molar-refractivity contribution in [2.24, 2.45) is 12.8 Å². The lowest BCUT2D eigenvalue weighted by atomic mass is 10.4. The molecule has 7 nitrogen and oxygen atoms in total. The quantitative estimate of drug-likeness (QED) is 0.820. The lowest BCUT2D eigenvalue weighted by Gasteiger charge is -1.92. The van der Waals surface area contributed by atoms with Gasteiger partial charge >= 0.3 is 0 Å². The Bertz CT molecular complexity index is 429. The second kappa shape index (κ2) is 3.46. The molecule has 0 aliphatic carbocycles. The van der Waals surface area contributed by atoms with E-state index in [-0.39, 0.29) is 6.54 Å². The molecule has 0 aliphatic heterocycles. The molecule has 0 bridgehead atoms. The van der Waals surface area contributed by atoms with Crippen molar-refractivity contribution in [1.29, 1.82) is 0 Å². The SMILES string of the molecule is Cn1nnc(Br)c1-c1nc(CN)no1. The van der Waals surface area contributed by atoms with E-state index in [0.29, 0.717) is 22.0 Å². The second-order valence-corrected chi connectivity index (χ2v) is 3.32. The van der Waals surface area contributed by atoms with Crippen LogP contribution >= 0.6 is 15.9 Å². The zero-order chi connectivity index (χ0) is 10.1. The van der Waals surface area contributed by atoms with Gasteiger partial charge in [-0.15, -0.1) is 5.10 Å². The zero-order valence-electron chi connectivity index (χ0n) is 7.31. The third-order valence-electron chi connectivity index (χ3n) is 1.64. The van der Waals surface area contributed by atoms with Crippen LogP contribution in [0.15, 0.2) is 9.13 Å². The number of halogens is 1. The first-order chi connectivity index (χ1) is 6.72. The molecule has 0 amide bonds. The van der Waals surface area contributed by atoms with Crippen molar-refractivity contribution in [2.45, 2.75) is 6.54 Å². The van der Waals surface area contributed by atoms with Crippen molar-refractivity contribution < 1.29 is 4.52 Å². The lowest BCUT2D eigenvalue weighted by Crippen LogP contribution is -1.98. The van der Waals surface area contributed by atoms with E-state index in [2.05, 4.69) is 36.4 Å². The van der Waals surface area contributed by atoms with Gasteiger partial charge in [0, 0.05) is 7.05 Å². The van der Waals surface area contributed by atoms with Crippen molar-refractivity contribution in [3.05, 3.63) is 10.4 Å². The normalized spacial score (nSPS) is 10.8. The number of nitrogens with two attached hydrogens (primary N) is 1. The molecule has 2 rings (SSSR count). The first kappa shape index (κ1) is 9.28. The molecule has 2 aromatic heterocycles. The summed E-state index contributed by atoms with van der Waals surface area (Å²) in [5.74, 6) is 0.804. The van der Waals surface area contributed by atoms with E-state index >= 15 is 0 Å². The number of aryl methyl sites for hydroxylation is 1. The Labute approximate surface area is 87.4 Å². The van der Waals surface area contributed by atoms with E-state index in [0.717, 1.165) is 0 Å². The molecule has 0 saturated heterocycles. The average Bonchev–Trinajstić information content (AvgIpc) is 2.73. The van der Waals surface area contributed by atoms with E-state index in [1.807, 2.05) is 0 Å². The van der Waals surface area contributed by atoms with Gasteiger partial charge in [-0.3, -0.25) is 0 Å². The van der Waals surface area contributed by atoms with Crippen LogP contribution in [-0.4, -0.2) is 25.1 Å². The molecule has 0 radical (unpaired) electrons. The first-order valence-electron chi connectivity index (χ1n) is 3.80. The molecule has 0 unspecified atom stereocenters. The molecule has 0 saturated carbocycles. The highest BCUT2D eigenvalue weighted by Crippen LogP contribution is 2.23. The number of hydrogen-bond donors (Lipinski definition) is 1. The van der Waals surface area contributed by atoms with E-state index < -0.39 is 0 Å². The Balaban J connectivity index is 2.48. The maximum Gasteiger partial charge on any atom is 0.279 e. The fourth-order valence-corrected chi connectivity index (χ4v) is 1.49. The van der Waals surface area contributed by atoms with Gasteiger partial charge in [-0.25, -0.2) is 4.68 Å². The molecule has 74 valence electrons. The summed E-state index contributed by atoms with van der Waals surface area (Å²) in [5, 5.41) is 11.3. The number of rotatable bonds is 2. The largest absolute Gasteiger partial charge is 0.332 e. The van der Waals surface area contributed by atoms with Gasteiger partial charge in [-0.05, 0) is 15.9 Å². The molecule has 0 fully saturated rings. The Morgan fingerprint density at radius 3 is 2.86 bits per heavy atom. The highest BCUT2D eigenvalue weighted by Gasteiger charge is 2.16. The summed E-state index contributed by atoms with van der Waals surface area (Å²) in [6.07, 6.45) is 0. The van der Waals surface area contributed by atoms with Crippen molar-refractivity contribution in [1.82, 2.24) is 25.1 Å². The predicted octanol–water partition coefficient (Wildman–Crippen LogP) is 0.0863. The fourth-order valence-electron chi connectivity index (χ4n) is 0.992. The second-order valence-electron chi connectivity index (χ2n) is 2.57. The third kappa shape index (κ3) is 1.42. The summed E-state index contributed by atoms with van der Waals surface area (Å²) in [6, 6.07) is 0. The van der Waals surface area contributed by atoms with Crippen LogP contribution in [0.5, 0.6) is 0 Å². The number of nitrogens with zero attached hydrogens (tertiary/aromatic N) is 5. The van der Waals surface area contributed by atoms with Gasteiger partial charge in [-0.1, -0.05) is 10.4 Å². The van der Waals surface area contributed by atoms with Crippen LogP contribution in [-0.2, 0) is 13.6 Å². The zero-order valence-corrected chi connectivity index (χ0v) is 8.89. The van der Waals surface area contributed by atoms with Crippen molar-refractivity contribution in [3.8, 4) is 11.6 Å². The average molecular weight is 259 g/mol. The van der Waals surface area contributed by atoms with E-state index in [9.17, 15) is 0 Å². The van der Waals surface area contributed by atoms with Crippen LogP contribution in [0.2, 0.25) is 0 Å². The maximum atomic E-state index is 5.36. The Morgan fingerprint density at radius 2 is 2.36 bits per heavy atom. The highest BCUT2D eigenvalue weighted by atomic mass is 79.9. The third-order valence-corrected chi connectivity index (χ3v) is 2.17. The maximum absolute atomic E-state index is 5.36. The van der Waals surface area contributed by atoms with Crippen LogP contribution in [0.1, 0.15) is 5.82 Å².